The minimum absolute atomic E-state index is 0.126. The molecule has 1 rings (SSSR count). The topological polar surface area (TPSA) is 49.3 Å². The van der Waals surface area contributed by atoms with Crippen LogP contribution in [0.15, 0.2) is 18.2 Å². The fourth-order valence-electron chi connectivity index (χ4n) is 1.30. The predicted octanol–water partition coefficient (Wildman–Crippen LogP) is 2.43. The van der Waals surface area contributed by atoms with E-state index in [1.54, 1.807) is 0 Å². The van der Waals surface area contributed by atoms with E-state index >= 15 is 0 Å². The molecule has 0 amide bonds. The number of aliphatic hydroxyl groups is 1. The summed E-state index contributed by atoms with van der Waals surface area (Å²) in [5.41, 5.74) is 1.98. The van der Waals surface area contributed by atoms with E-state index in [4.69, 9.17) is 0 Å². The maximum atomic E-state index is 11.7. The summed E-state index contributed by atoms with van der Waals surface area (Å²) in [6, 6.07) is 5.93. The number of rotatable bonds is 5. The van der Waals surface area contributed by atoms with Crippen molar-refractivity contribution in [2.24, 2.45) is 0 Å². The van der Waals surface area contributed by atoms with Crippen LogP contribution in [0, 0.1) is 13.8 Å². The highest BCUT2D eigenvalue weighted by atomic mass is 79.9. The summed E-state index contributed by atoms with van der Waals surface area (Å²) in [6.07, 6.45) is 0. The van der Waals surface area contributed by atoms with E-state index in [9.17, 15) is 9.90 Å². The molecule has 0 bridgehead atoms. The predicted molar refractivity (Wildman–Crippen MR) is 73.8 cm³/mol. The van der Waals surface area contributed by atoms with Gasteiger partial charge in [0, 0.05) is 11.0 Å². The van der Waals surface area contributed by atoms with Crippen molar-refractivity contribution in [2.45, 2.75) is 26.4 Å². The SMILES string of the molecule is Cc1ccc(NCC(=O)C(C)(O)CBr)cc1C. The number of alkyl halides is 1. The van der Waals surface area contributed by atoms with Crippen LogP contribution in [-0.4, -0.2) is 28.4 Å². The van der Waals surface area contributed by atoms with Crippen LogP contribution in [0.3, 0.4) is 0 Å². The number of Topliss-reactive ketones (excluding diaryl/α,β-unsaturated/α-hetero) is 1. The van der Waals surface area contributed by atoms with Crippen LogP contribution in [0.4, 0.5) is 5.69 Å². The van der Waals surface area contributed by atoms with Crippen LogP contribution in [0.1, 0.15) is 18.1 Å². The second-order valence-corrected chi connectivity index (χ2v) is 5.04. The smallest absolute Gasteiger partial charge is 0.183 e. The molecule has 0 aliphatic heterocycles. The molecule has 1 aromatic rings. The second kappa shape index (κ2) is 5.65. The third-order valence-electron chi connectivity index (χ3n) is 2.82. The number of benzene rings is 1. The molecular weight excluding hydrogens is 282 g/mol. The second-order valence-electron chi connectivity index (χ2n) is 4.48. The zero-order valence-electron chi connectivity index (χ0n) is 10.4. The van der Waals surface area contributed by atoms with Crippen LogP contribution in [0.2, 0.25) is 0 Å². The Balaban J connectivity index is 2.62. The zero-order valence-corrected chi connectivity index (χ0v) is 12.0. The summed E-state index contributed by atoms with van der Waals surface area (Å²) in [6.45, 7) is 5.70. The number of nitrogens with one attached hydrogen (secondary N) is 1. The maximum Gasteiger partial charge on any atom is 0.183 e. The van der Waals surface area contributed by atoms with Gasteiger partial charge in [0.1, 0.15) is 5.60 Å². The van der Waals surface area contributed by atoms with Crippen molar-refractivity contribution < 1.29 is 9.90 Å². The zero-order chi connectivity index (χ0) is 13.1. The van der Waals surface area contributed by atoms with Crippen molar-refractivity contribution in [3.63, 3.8) is 0 Å². The van der Waals surface area contributed by atoms with E-state index in [1.807, 2.05) is 32.0 Å². The van der Waals surface area contributed by atoms with E-state index < -0.39 is 5.60 Å². The van der Waals surface area contributed by atoms with Crippen molar-refractivity contribution in [1.29, 1.82) is 0 Å². The van der Waals surface area contributed by atoms with E-state index in [0.29, 0.717) is 0 Å². The molecule has 0 aromatic heterocycles. The Morgan fingerprint density at radius 2 is 2.06 bits per heavy atom. The van der Waals surface area contributed by atoms with E-state index in [1.165, 1.54) is 18.1 Å². The van der Waals surface area contributed by atoms with Crippen molar-refractivity contribution in [1.82, 2.24) is 0 Å². The molecule has 0 radical (unpaired) electrons. The van der Waals surface area contributed by atoms with Gasteiger partial charge in [-0.2, -0.15) is 0 Å². The molecule has 0 saturated heterocycles. The lowest BCUT2D eigenvalue weighted by Crippen LogP contribution is -2.40. The molecule has 1 unspecified atom stereocenters. The van der Waals surface area contributed by atoms with Gasteiger partial charge >= 0.3 is 0 Å². The fraction of sp³-hybridized carbons (Fsp3) is 0.462. The van der Waals surface area contributed by atoms with Gasteiger partial charge in [0.15, 0.2) is 5.78 Å². The van der Waals surface area contributed by atoms with Gasteiger partial charge in [-0.05, 0) is 44.0 Å². The lowest BCUT2D eigenvalue weighted by Gasteiger charge is -2.19. The molecule has 0 heterocycles. The number of anilines is 1. The van der Waals surface area contributed by atoms with Gasteiger partial charge in [0.2, 0.25) is 0 Å². The largest absolute Gasteiger partial charge is 0.381 e. The molecule has 3 nitrogen and oxygen atoms in total. The Morgan fingerprint density at radius 3 is 2.59 bits per heavy atom. The summed E-state index contributed by atoms with van der Waals surface area (Å²) in [5.74, 6) is -0.229. The van der Waals surface area contributed by atoms with Crippen LogP contribution in [-0.2, 0) is 4.79 Å². The first kappa shape index (κ1) is 14.2. The first-order chi connectivity index (χ1) is 7.86. The number of aryl methyl sites for hydroxylation is 2. The maximum absolute atomic E-state index is 11.7. The van der Waals surface area contributed by atoms with Gasteiger partial charge in [0.25, 0.3) is 0 Å². The Hall–Kier alpha value is -0.870. The average molecular weight is 300 g/mol. The number of hydrogen-bond acceptors (Lipinski definition) is 3. The monoisotopic (exact) mass is 299 g/mol. The lowest BCUT2D eigenvalue weighted by molar-refractivity contribution is -0.131. The molecule has 0 aliphatic rings. The van der Waals surface area contributed by atoms with Gasteiger partial charge < -0.3 is 10.4 Å². The number of hydrogen-bond donors (Lipinski definition) is 2. The summed E-state index contributed by atoms with van der Waals surface area (Å²) in [7, 11) is 0. The van der Waals surface area contributed by atoms with Gasteiger partial charge in [-0.15, -0.1) is 0 Å². The third-order valence-corrected chi connectivity index (χ3v) is 3.91. The van der Waals surface area contributed by atoms with Crippen molar-refractivity contribution in [2.75, 3.05) is 17.2 Å². The highest BCUT2D eigenvalue weighted by Gasteiger charge is 2.27. The first-order valence-corrected chi connectivity index (χ1v) is 6.62. The minimum atomic E-state index is -1.31. The minimum Gasteiger partial charge on any atom is -0.381 e. The van der Waals surface area contributed by atoms with E-state index in [-0.39, 0.29) is 17.7 Å². The molecule has 0 spiro atoms. The Morgan fingerprint density at radius 1 is 1.41 bits per heavy atom. The Labute approximate surface area is 110 Å². The third kappa shape index (κ3) is 3.82. The molecule has 2 N–H and O–H groups in total. The van der Waals surface area contributed by atoms with Crippen molar-refractivity contribution in [3.05, 3.63) is 29.3 Å². The van der Waals surface area contributed by atoms with Crippen LogP contribution >= 0.6 is 15.9 Å². The van der Waals surface area contributed by atoms with Gasteiger partial charge in [-0.25, -0.2) is 0 Å². The molecule has 1 atom stereocenters. The number of carbonyl (C=O) groups is 1. The normalized spacial score (nSPS) is 14.2. The van der Waals surface area contributed by atoms with Crippen LogP contribution in [0.25, 0.3) is 0 Å². The van der Waals surface area contributed by atoms with Crippen molar-refractivity contribution in [3.8, 4) is 0 Å². The molecule has 0 fully saturated rings. The molecule has 94 valence electrons. The fourth-order valence-corrected chi connectivity index (χ4v) is 1.61. The molecule has 0 saturated carbocycles. The van der Waals surface area contributed by atoms with Gasteiger partial charge in [-0.3, -0.25) is 4.79 Å². The van der Waals surface area contributed by atoms with E-state index in [2.05, 4.69) is 21.2 Å². The standard InChI is InChI=1S/C13H18BrNO2/c1-9-4-5-11(6-10(9)2)15-7-12(16)13(3,17)8-14/h4-6,15,17H,7-8H2,1-3H3. The number of carbonyl (C=O) groups excluding carboxylic acids is 1. The number of halogens is 1. The molecular formula is C13H18BrNO2. The highest BCUT2D eigenvalue weighted by molar-refractivity contribution is 9.09. The summed E-state index contributed by atoms with van der Waals surface area (Å²) < 4.78 is 0. The van der Waals surface area contributed by atoms with E-state index in [0.717, 1.165) is 5.69 Å². The Kier molecular flexibility index (Phi) is 4.71. The molecule has 0 aliphatic carbocycles. The number of ketones is 1. The molecule has 4 heteroatoms. The van der Waals surface area contributed by atoms with Crippen LogP contribution < -0.4 is 5.32 Å². The molecule has 17 heavy (non-hydrogen) atoms. The average Bonchev–Trinajstić information content (AvgIpc) is 2.30. The Bertz CT molecular complexity index is 416. The highest BCUT2D eigenvalue weighted by Crippen LogP contribution is 2.15. The summed E-state index contributed by atoms with van der Waals surface area (Å²) in [4.78, 5) is 11.7. The quantitative estimate of drug-likeness (QED) is 0.821. The van der Waals surface area contributed by atoms with Gasteiger partial charge in [-0.1, -0.05) is 22.0 Å². The summed E-state index contributed by atoms with van der Waals surface area (Å²) in [5, 5.41) is 13.0. The summed E-state index contributed by atoms with van der Waals surface area (Å²) >= 11 is 3.12. The van der Waals surface area contributed by atoms with Crippen molar-refractivity contribution >= 4 is 27.4 Å². The first-order valence-electron chi connectivity index (χ1n) is 5.49. The van der Waals surface area contributed by atoms with Gasteiger partial charge in [0.05, 0.1) is 6.54 Å². The lowest BCUT2D eigenvalue weighted by atomic mass is 10.0. The van der Waals surface area contributed by atoms with Crippen LogP contribution in [0.5, 0.6) is 0 Å². The molecule has 1 aromatic carbocycles.